The number of benzene rings is 2. The number of aromatic nitrogens is 1. The Bertz CT molecular complexity index is 1050. The minimum atomic E-state index is -4.44. The normalized spacial score (nSPS) is 11.6. The molecule has 0 bridgehead atoms. The molecule has 0 fully saturated rings. The van der Waals surface area contributed by atoms with Crippen LogP contribution in [0.25, 0.3) is 21.7 Å². The summed E-state index contributed by atoms with van der Waals surface area (Å²) in [6.07, 6.45) is -4.44. The van der Waals surface area contributed by atoms with E-state index >= 15 is 0 Å². The van der Waals surface area contributed by atoms with E-state index in [2.05, 4.69) is 4.98 Å². The summed E-state index contributed by atoms with van der Waals surface area (Å²) in [4.78, 5) is 16.8. The molecule has 1 heterocycles. The van der Waals surface area contributed by atoms with Gasteiger partial charge in [0.1, 0.15) is 10.6 Å². The quantitative estimate of drug-likeness (QED) is 0.629. The predicted molar refractivity (Wildman–Crippen MR) is 100 cm³/mol. The molecule has 0 amide bonds. The molecule has 2 aromatic carbocycles. The molecule has 3 aromatic rings. The second kappa shape index (κ2) is 6.81. The van der Waals surface area contributed by atoms with Gasteiger partial charge in [-0.15, -0.1) is 0 Å². The Morgan fingerprint density at radius 1 is 0.963 bits per heavy atom. The van der Waals surface area contributed by atoms with Crippen LogP contribution in [0.3, 0.4) is 0 Å². The van der Waals surface area contributed by atoms with Gasteiger partial charge in [0.25, 0.3) is 0 Å². The van der Waals surface area contributed by atoms with Crippen LogP contribution in [-0.4, -0.2) is 10.1 Å². The first-order valence-electron chi connectivity index (χ1n) is 8.08. The van der Waals surface area contributed by atoms with E-state index in [1.165, 1.54) is 12.1 Å². The molecule has 3 nitrogen and oxygen atoms in total. The summed E-state index contributed by atoms with van der Waals surface area (Å²) in [5, 5.41) is 10.6. The molecule has 0 saturated heterocycles. The Morgan fingerprint density at radius 2 is 1.52 bits per heavy atom. The zero-order valence-electron chi connectivity index (χ0n) is 14.8. The van der Waals surface area contributed by atoms with Crippen LogP contribution in [0, 0.1) is 20.8 Å². The highest BCUT2D eigenvalue weighted by molar-refractivity contribution is 7.12. The highest BCUT2D eigenvalue weighted by Crippen LogP contribution is 2.35. The van der Waals surface area contributed by atoms with Gasteiger partial charge < -0.3 is 5.11 Å². The number of halogens is 3. The minimum absolute atomic E-state index is 0.116. The van der Waals surface area contributed by atoms with Gasteiger partial charge in [-0.3, -0.25) is 4.79 Å². The van der Waals surface area contributed by atoms with Crippen LogP contribution in [0.2, 0.25) is 0 Å². The van der Waals surface area contributed by atoms with E-state index in [1.807, 2.05) is 32.9 Å². The van der Waals surface area contributed by atoms with Crippen LogP contribution >= 0.6 is 11.3 Å². The zero-order chi connectivity index (χ0) is 19.9. The van der Waals surface area contributed by atoms with E-state index in [1.54, 1.807) is 0 Å². The molecule has 0 unspecified atom stereocenters. The summed E-state index contributed by atoms with van der Waals surface area (Å²) in [5.41, 5.74) is 3.03. The van der Waals surface area contributed by atoms with Gasteiger partial charge in [-0.05, 0) is 49.6 Å². The van der Waals surface area contributed by atoms with E-state index < -0.39 is 22.4 Å². The van der Waals surface area contributed by atoms with Crippen molar-refractivity contribution < 1.29 is 18.3 Å². The van der Waals surface area contributed by atoms with Crippen molar-refractivity contribution in [3.63, 3.8) is 0 Å². The maximum atomic E-state index is 12.7. The van der Waals surface area contributed by atoms with E-state index in [-0.39, 0.29) is 10.6 Å². The summed E-state index contributed by atoms with van der Waals surface area (Å²) in [7, 11) is 0. The molecule has 1 N–H and O–H groups in total. The first kappa shape index (κ1) is 19.1. The summed E-state index contributed by atoms with van der Waals surface area (Å²) < 4.78 is 37.7. The molecule has 3 rings (SSSR count). The fourth-order valence-electron chi connectivity index (χ4n) is 3.12. The average Bonchev–Trinajstić information content (AvgIpc) is 2.55. The number of nitrogens with zero attached hydrogens (tertiary/aromatic N) is 1. The van der Waals surface area contributed by atoms with E-state index in [4.69, 9.17) is 0 Å². The molecule has 0 atom stereocenters. The highest BCUT2D eigenvalue weighted by atomic mass is 32.1. The van der Waals surface area contributed by atoms with Crippen molar-refractivity contribution in [2.75, 3.05) is 0 Å². The maximum Gasteiger partial charge on any atom is 0.416 e. The van der Waals surface area contributed by atoms with Crippen molar-refractivity contribution >= 4 is 11.3 Å². The van der Waals surface area contributed by atoms with Gasteiger partial charge in [-0.2, -0.15) is 13.2 Å². The van der Waals surface area contributed by atoms with Gasteiger partial charge in [0, 0.05) is 5.56 Å². The fourth-order valence-corrected chi connectivity index (χ4v) is 3.98. The van der Waals surface area contributed by atoms with Gasteiger partial charge in [0.2, 0.25) is 10.6 Å². The van der Waals surface area contributed by atoms with E-state index in [9.17, 15) is 23.1 Å². The Labute approximate surface area is 157 Å². The number of aryl methyl sites for hydroxylation is 3. The van der Waals surface area contributed by atoms with Gasteiger partial charge in [-0.1, -0.05) is 41.2 Å². The molecule has 0 aliphatic heterocycles. The lowest BCUT2D eigenvalue weighted by atomic mass is 9.95. The Balaban J connectivity index is 2.10. The average molecular weight is 391 g/mol. The molecule has 0 saturated carbocycles. The number of hydrogen-bond acceptors (Lipinski definition) is 4. The second-order valence-corrected chi connectivity index (χ2v) is 7.32. The molecule has 0 spiro atoms. The lowest BCUT2D eigenvalue weighted by molar-refractivity contribution is -0.137. The molecule has 0 radical (unpaired) electrons. The topological polar surface area (TPSA) is 50.2 Å². The van der Waals surface area contributed by atoms with E-state index in [0.717, 1.165) is 40.2 Å². The second-order valence-electron chi connectivity index (χ2n) is 6.35. The van der Waals surface area contributed by atoms with E-state index in [0.29, 0.717) is 11.1 Å². The van der Waals surface area contributed by atoms with Gasteiger partial charge in [0.05, 0.1) is 5.56 Å². The molecule has 7 heteroatoms. The largest absolute Gasteiger partial charge is 0.493 e. The predicted octanol–water partition coefficient (Wildman–Crippen LogP) is 5.49. The molecule has 140 valence electrons. The smallest absolute Gasteiger partial charge is 0.416 e. The minimum Gasteiger partial charge on any atom is -0.493 e. The summed E-state index contributed by atoms with van der Waals surface area (Å²) in [6.45, 7) is 5.64. The van der Waals surface area contributed by atoms with Crippen LogP contribution in [0.5, 0.6) is 5.88 Å². The lowest BCUT2D eigenvalue weighted by Gasteiger charge is -2.12. The third kappa shape index (κ3) is 3.73. The molecular weight excluding hydrogens is 375 g/mol. The lowest BCUT2D eigenvalue weighted by Crippen LogP contribution is -2.06. The molecule has 0 aliphatic rings. The van der Waals surface area contributed by atoms with Gasteiger partial charge in [0.15, 0.2) is 0 Å². The van der Waals surface area contributed by atoms with Crippen LogP contribution in [0.15, 0.2) is 41.2 Å². The Kier molecular flexibility index (Phi) is 4.82. The Hall–Kier alpha value is -2.67. The van der Waals surface area contributed by atoms with Crippen molar-refractivity contribution in [3.8, 4) is 27.6 Å². The highest BCUT2D eigenvalue weighted by Gasteiger charge is 2.30. The monoisotopic (exact) mass is 391 g/mol. The van der Waals surface area contributed by atoms with Crippen LogP contribution in [0.4, 0.5) is 13.2 Å². The summed E-state index contributed by atoms with van der Waals surface area (Å²) in [6, 6.07) is 8.15. The molecular formula is C20H16F3NO2S. The number of hydrogen-bond donors (Lipinski definition) is 1. The third-order valence-electron chi connectivity index (χ3n) is 4.21. The number of alkyl halides is 3. The van der Waals surface area contributed by atoms with Gasteiger partial charge in [-0.25, -0.2) is 4.98 Å². The number of rotatable bonds is 2. The molecule has 0 aliphatic carbocycles. The van der Waals surface area contributed by atoms with Crippen molar-refractivity contribution in [1.29, 1.82) is 0 Å². The van der Waals surface area contributed by atoms with Crippen molar-refractivity contribution in [1.82, 2.24) is 4.98 Å². The van der Waals surface area contributed by atoms with Crippen LogP contribution < -0.4 is 4.74 Å². The molecule has 27 heavy (non-hydrogen) atoms. The summed E-state index contributed by atoms with van der Waals surface area (Å²) in [5.74, 6) is -0.427. The van der Waals surface area contributed by atoms with Crippen LogP contribution in [-0.2, 0) is 6.18 Å². The standard InChI is InChI=1S/C20H16F3NO2S/c1-10-8-11(2)15(12(3)9-10)16-17(25)24-18(27-19(16)26)13-4-6-14(7-5-13)20(21,22)23/h4-9,25H,1-3H3. The van der Waals surface area contributed by atoms with Gasteiger partial charge >= 0.3 is 6.18 Å². The fraction of sp³-hybridized carbons (Fsp3) is 0.200. The first-order chi connectivity index (χ1) is 12.6. The van der Waals surface area contributed by atoms with Crippen molar-refractivity contribution in [3.05, 3.63) is 68.2 Å². The summed E-state index contributed by atoms with van der Waals surface area (Å²) >= 11 is 0.793. The third-order valence-corrected chi connectivity index (χ3v) is 5.12. The SMILES string of the molecule is Cc1cc(C)c(-c2c(O)nc(-c3ccc(C(F)(F)F)cc3)sc2=O)c(C)c1. The maximum absolute atomic E-state index is 12.7. The van der Waals surface area contributed by atoms with Crippen LogP contribution in [0.1, 0.15) is 22.3 Å². The molecule has 1 aromatic heterocycles. The van der Waals surface area contributed by atoms with Crippen molar-refractivity contribution in [2.24, 2.45) is 0 Å². The Morgan fingerprint density at radius 3 is 2.00 bits per heavy atom. The first-order valence-corrected chi connectivity index (χ1v) is 8.89. The van der Waals surface area contributed by atoms with Crippen molar-refractivity contribution in [2.45, 2.75) is 26.9 Å². The number of aromatic hydroxyl groups is 1. The zero-order valence-corrected chi connectivity index (χ0v) is 15.6.